The Kier molecular flexibility index (Phi) is 3.21. The van der Waals surface area contributed by atoms with Crippen molar-refractivity contribution in [3.05, 3.63) is 35.1 Å². The van der Waals surface area contributed by atoms with Crippen molar-refractivity contribution in [3.63, 3.8) is 0 Å². The van der Waals surface area contributed by atoms with Crippen LogP contribution in [0.5, 0.6) is 0 Å². The molecular formula is C13H15FN2. The van der Waals surface area contributed by atoms with Gasteiger partial charge in [-0.3, -0.25) is 5.32 Å². The first-order valence-electron chi connectivity index (χ1n) is 5.59. The molecule has 2 nitrogen and oxygen atoms in total. The van der Waals surface area contributed by atoms with Crippen LogP contribution >= 0.6 is 0 Å². The number of hydrogen-bond donors (Lipinski definition) is 1. The Bertz CT molecular complexity index is 418. The fraction of sp³-hybridized carbons (Fsp3) is 0.462. The van der Waals surface area contributed by atoms with E-state index in [0.717, 1.165) is 12.1 Å². The maximum Gasteiger partial charge on any atom is 0.129 e. The average molecular weight is 218 g/mol. The molecule has 1 unspecified atom stereocenters. The molecule has 0 bridgehead atoms. The number of nitrogens with zero attached hydrogens (tertiary/aromatic N) is 1. The highest BCUT2D eigenvalue weighted by Gasteiger charge is 2.23. The van der Waals surface area contributed by atoms with Gasteiger partial charge in [0, 0.05) is 5.56 Å². The van der Waals surface area contributed by atoms with Gasteiger partial charge in [-0.05, 0) is 38.3 Å². The zero-order valence-electron chi connectivity index (χ0n) is 9.33. The zero-order valence-corrected chi connectivity index (χ0v) is 9.33. The summed E-state index contributed by atoms with van der Waals surface area (Å²) in [5.41, 5.74) is 1.44. The summed E-state index contributed by atoms with van der Waals surface area (Å²) in [6.07, 6.45) is 2.45. The summed E-state index contributed by atoms with van der Waals surface area (Å²) in [6, 6.07) is 6.47. The predicted molar refractivity (Wildman–Crippen MR) is 60.2 cm³/mol. The van der Waals surface area contributed by atoms with Crippen LogP contribution in [0.4, 0.5) is 4.39 Å². The van der Waals surface area contributed by atoms with Gasteiger partial charge in [-0.2, -0.15) is 5.26 Å². The van der Waals surface area contributed by atoms with E-state index < -0.39 is 6.04 Å². The Balaban J connectivity index is 2.11. The van der Waals surface area contributed by atoms with Crippen molar-refractivity contribution in [2.45, 2.75) is 25.8 Å². The van der Waals surface area contributed by atoms with E-state index in [4.69, 9.17) is 5.26 Å². The van der Waals surface area contributed by atoms with Crippen molar-refractivity contribution in [2.75, 3.05) is 6.54 Å². The molecule has 0 spiro atoms. The van der Waals surface area contributed by atoms with Gasteiger partial charge in [-0.15, -0.1) is 0 Å². The monoisotopic (exact) mass is 218 g/mol. The van der Waals surface area contributed by atoms with Crippen LogP contribution in [0.1, 0.15) is 30.0 Å². The highest BCUT2D eigenvalue weighted by atomic mass is 19.1. The molecule has 2 rings (SSSR count). The number of aryl methyl sites for hydroxylation is 1. The van der Waals surface area contributed by atoms with Gasteiger partial charge in [0.05, 0.1) is 6.07 Å². The summed E-state index contributed by atoms with van der Waals surface area (Å²) in [7, 11) is 0. The molecule has 3 heteroatoms. The van der Waals surface area contributed by atoms with E-state index in [1.54, 1.807) is 12.1 Å². The molecule has 1 aromatic rings. The predicted octanol–water partition coefficient (Wildman–Crippen LogP) is 2.70. The minimum atomic E-state index is -0.527. The van der Waals surface area contributed by atoms with E-state index in [1.807, 2.05) is 6.92 Å². The van der Waals surface area contributed by atoms with Gasteiger partial charge < -0.3 is 0 Å². The third-order valence-electron chi connectivity index (χ3n) is 2.90. The summed E-state index contributed by atoms with van der Waals surface area (Å²) in [4.78, 5) is 0. The molecule has 1 aromatic carbocycles. The van der Waals surface area contributed by atoms with E-state index in [0.29, 0.717) is 11.5 Å². The standard InChI is InChI=1S/C13H15FN2/c1-9-2-5-12(14)11(6-9)13(7-15)16-8-10-3-4-10/h2,5-6,10,13,16H,3-4,8H2,1H3. The topological polar surface area (TPSA) is 35.8 Å². The first-order valence-corrected chi connectivity index (χ1v) is 5.59. The van der Waals surface area contributed by atoms with Crippen LogP contribution in [0, 0.1) is 30.0 Å². The molecule has 1 atom stereocenters. The summed E-state index contributed by atoms with van der Waals surface area (Å²) in [5.74, 6) is 0.379. The lowest BCUT2D eigenvalue weighted by Crippen LogP contribution is -2.23. The first kappa shape index (κ1) is 11.1. The van der Waals surface area contributed by atoms with Gasteiger partial charge in [0.2, 0.25) is 0 Å². The van der Waals surface area contributed by atoms with Crippen LogP contribution in [-0.4, -0.2) is 6.54 Å². The van der Waals surface area contributed by atoms with Gasteiger partial charge in [0.1, 0.15) is 11.9 Å². The fourth-order valence-corrected chi connectivity index (χ4v) is 1.72. The molecule has 16 heavy (non-hydrogen) atoms. The van der Waals surface area contributed by atoms with Crippen molar-refractivity contribution in [1.29, 1.82) is 5.26 Å². The third kappa shape index (κ3) is 2.59. The molecule has 0 aliphatic heterocycles. The van der Waals surface area contributed by atoms with Crippen molar-refractivity contribution < 1.29 is 4.39 Å². The lowest BCUT2D eigenvalue weighted by Gasteiger charge is -2.12. The lowest BCUT2D eigenvalue weighted by atomic mass is 10.0. The van der Waals surface area contributed by atoms with Crippen LogP contribution in [-0.2, 0) is 0 Å². The van der Waals surface area contributed by atoms with Gasteiger partial charge in [-0.25, -0.2) is 4.39 Å². The quantitative estimate of drug-likeness (QED) is 0.843. The normalized spacial score (nSPS) is 16.8. The third-order valence-corrected chi connectivity index (χ3v) is 2.90. The first-order chi connectivity index (χ1) is 7.70. The molecule has 1 fully saturated rings. The van der Waals surface area contributed by atoms with Crippen molar-refractivity contribution in [1.82, 2.24) is 5.32 Å². The SMILES string of the molecule is Cc1ccc(F)c(C(C#N)NCC2CC2)c1. The summed E-state index contributed by atoms with van der Waals surface area (Å²) in [5, 5.41) is 12.2. The largest absolute Gasteiger partial charge is 0.298 e. The number of halogens is 1. The smallest absolute Gasteiger partial charge is 0.129 e. The molecule has 1 saturated carbocycles. The Morgan fingerprint density at radius 3 is 2.94 bits per heavy atom. The number of nitrogens with one attached hydrogen (secondary N) is 1. The van der Waals surface area contributed by atoms with Crippen molar-refractivity contribution in [2.24, 2.45) is 5.92 Å². The molecule has 1 aliphatic rings. The molecule has 1 N–H and O–H groups in total. The molecule has 0 saturated heterocycles. The van der Waals surface area contributed by atoms with E-state index in [-0.39, 0.29) is 5.82 Å². The Labute approximate surface area is 95.1 Å². The van der Waals surface area contributed by atoms with Crippen molar-refractivity contribution in [3.8, 4) is 6.07 Å². The maximum absolute atomic E-state index is 13.6. The molecule has 0 radical (unpaired) electrons. The van der Waals surface area contributed by atoms with Gasteiger partial charge in [0.25, 0.3) is 0 Å². The number of nitriles is 1. The summed E-state index contributed by atoms with van der Waals surface area (Å²) in [6.45, 7) is 2.71. The van der Waals surface area contributed by atoms with Gasteiger partial charge in [0.15, 0.2) is 0 Å². The van der Waals surface area contributed by atoms with Crippen LogP contribution in [0.2, 0.25) is 0 Å². The number of hydrogen-bond acceptors (Lipinski definition) is 2. The molecule has 0 heterocycles. The van der Waals surface area contributed by atoms with E-state index in [1.165, 1.54) is 18.9 Å². The zero-order chi connectivity index (χ0) is 11.5. The van der Waals surface area contributed by atoms with Gasteiger partial charge >= 0.3 is 0 Å². The van der Waals surface area contributed by atoms with Crippen molar-refractivity contribution >= 4 is 0 Å². The van der Waals surface area contributed by atoms with E-state index in [9.17, 15) is 4.39 Å². The molecule has 0 amide bonds. The second kappa shape index (κ2) is 4.63. The minimum absolute atomic E-state index is 0.305. The van der Waals surface area contributed by atoms with Crippen LogP contribution in [0.15, 0.2) is 18.2 Å². The Morgan fingerprint density at radius 1 is 1.56 bits per heavy atom. The van der Waals surface area contributed by atoms with E-state index in [2.05, 4.69) is 11.4 Å². The summed E-state index contributed by atoms with van der Waals surface area (Å²) < 4.78 is 13.6. The van der Waals surface area contributed by atoms with Crippen LogP contribution in [0.25, 0.3) is 0 Å². The molecule has 1 aliphatic carbocycles. The number of rotatable bonds is 4. The lowest BCUT2D eigenvalue weighted by molar-refractivity contribution is 0.548. The molecule has 84 valence electrons. The maximum atomic E-state index is 13.6. The minimum Gasteiger partial charge on any atom is -0.298 e. The molecular weight excluding hydrogens is 203 g/mol. The summed E-state index contributed by atoms with van der Waals surface area (Å²) >= 11 is 0. The van der Waals surface area contributed by atoms with Crippen LogP contribution < -0.4 is 5.32 Å². The average Bonchev–Trinajstić information content (AvgIpc) is 3.07. The highest BCUT2D eigenvalue weighted by molar-refractivity contribution is 5.30. The number of benzene rings is 1. The Hall–Kier alpha value is -1.40. The second-order valence-corrected chi connectivity index (χ2v) is 4.44. The fourth-order valence-electron chi connectivity index (χ4n) is 1.72. The van der Waals surface area contributed by atoms with Gasteiger partial charge in [-0.1, -0.05) is 17.7 Å². The second-order valence-electron chi connectivity index (χ2n) is 4.44. The Morgan fingerprint density at radius 2 is 2.31 bits per heavy atom. The van der Waals surface area contributed by atoms with Crippen LogP contribution in [0.3, 0.4) is 0 Å². The molecule has 0 aromatic heterocycles. The highest BCUT2D eigenvalue weighted by Crippen LogP contribution is 2.28. The van der Waals surface area contributed by atoms with E-state index >= 15 is 0 Å².